The molecule has 1 aromatic rings. The van der Waals surface area contributed by atoms with Crippen molar-refractivity contribution in [3.8, 4) is 0 Å². The molecule has 1 aromatic heterocycles. The third-order valence-electron chi connectivity index (χ3n) is 2.22. The van der Waals surface area contributed by atoms with Crippen molar-refractivity contribution in [2.24, 2.45) is 0 Å². The molecule has 0 saturated carbocycles. The number of methoxy groups -OCH3 is 1. The molecule has 8 nitrogen and oxygen atoms in total. The lowest BCUT2D eigenvalue weighted by atomic mass is 10.1. The molecule has 1 heterocycles. The summed E-state index contributed by atoms with van der Waals surface area (Å²) < 4.78 is 5.03. The fraction of sp³-hybridized carbons (Fsp3) is 0.600. The number of nitrogens with two attached hydrogens (primary N) is 1. The van der Waals surface area contributed by atoms with Crippen LogP contribution in [0.4, 0.5) is 17.5 Å². The van der Waals surface area contributed by atoms with Gasteiger partial charge in [-0.25, -0.2) is 4.98 Å². The van der Waals surface area contributed by atoms with Gasteiger partial charge >= 0.3 is 5.69 Å². The third-order valence-corrected chi connectivity index (χ3v) is 2.22. The SMILES string of the molecule is COCC(C)(C)Nc1nc(N)nc(C)c1[N+](=O)[O-]. The Morgan fingerprint density at radius 2 is 2.11 bits per heavy atom. The van der Waals surface area contributed by atoms with Gasteiger partial charge in [-0.2, -0.15) is 4.98 Å². The summed E-state index contributed by atoms with van der Waals surface area (Å²) in [7, 11) is 1.55. The van der Waals surface area contributed by atoms with E-state index in [9.17, 15) is 10.1 Å². The minimum atomic E-state index is -0.528. The molecule has 0 atom stereocenters. The van der Waals surface area contributed by atoms with Crippen LogP contribution in [-0.4, -0.2) is 34.1 Å². The lowest BCUT2D eigenvalue weighted by Crippen LogP contribution is -2.36. The molecule has 3 N–H and O–H groups in total. The van der Waals surface area contributed by atoms with Crippen LogP contribution in [0.25, 0.3) is 0 Å². The Labute approximate surface area is 105 Å². The molecule has 1 rings (SSSR count). The maximum atomic E-state index is 11.0. The average molecular weight is 255 g/mol. The smallest absolute Gasteiger partial charge is 0.332 e. The molecule has 0 aliphatic heterocycles. The summed E-state index contributed by atoms with van der Waals surface area (Å²) in [5.74, 6) is 0.0980. The Kier molecular flexibility index (Phi) is 4.02. The fourth-order valence-corrected chi connectivity index (χ4v) is 1.61. The first-order valence-electron chi connectivity index (χ1n) is 5.32. The summed E-state index contributed by atoms with van der Waals surface area (Å²) in [5, 5.41) is 14.0. The van der Waals surface area contributed by atoms with E-state index in [4.69, 9.17) is 10.5 Å². The van der Waals surface area contributed by atoms with Crippen molar-refractivity contribution in [1.82, 2.24) is 9.97 Å². The minimum Gasteiger partial charge on any atom is -0.382 e. The zero-order valence-electron chi connectivity index (χ0n) is 10.9. The summed E-state index contributed by atoms with van der Waals surface area (Å²) in [6.45, 7) is 5.57. The Morgan fingerprint density at radius 1 is 1.50 bits per heavy atom. The van der Waals surface area contributed by atoms with E-state index in [1.54, 1.807) is 7.11 Å². The molecule has 0 unspecified atom stereocenters. The largest absolute Gasteiger partial charge is 0.382 e. The van der Waals surface area contributed by atoms with Crippen molar-refractivity contribution in [3.63, 3.8) is 0 Å². The van der Waals surface area contributed by atoms with Gasteiger partial charge in [-0.1, -0.05) is 0 Å². The molecule has 0 saturated heterocycles. The predicted molar refractivity (Wildman–Crippen MR) is 67.4 cm³/mol. The van der Waals surface area contributed by atoms with Crippen molar-refractivity contribution in [1.29, 1.82) is 0 Å². The number of hydrogen-bond acceptors (Lipinski definition) is 7. The predicted octanol–water partition coefficient (Wildman–Crippen LogP) is 1.11. The van der Waals surface area contributed by atoms with Crippen molar-refractivity contribution < 1.29 is 9.66 Å². The summed E-state index contributed by atoms with van der Waals surface area (Å²) in [6.07, 6.45) is 0. The first kappa shape index (κ1) is 14.1. The van der Waals surface area contributed by atoms with Gasteiger partial charge in [0.15, 0.2) is 0 Å². The molecule has 0 bridgehead atoms. The first-order valence-corrected chi connectivity index (χ1v) is 5.32. The van der Waals surface area contributed by atoms with Gasteiger partial charge in [0.2, 0.25) is 11.8 Å². The molecule has 0 amide bonds. The van der Waals surface area contributed by atoms with E-state index in [1.165, 1.54) is 6.92 Å². The fourth-order valence-electron chi connectivity index (χ4n) is 1.61. The standard InChI is InChI=1S/C10H17N5O3/c1-6-7(15(16)17)8(13-9(11)12-6)14-10(2,3)5-18-4/h5H2,1-4H3,(H3,11,12,13,14). The van der Waals surface area contributed by atoms with Crippen LogP contribution in [-0.2, 0) is 4.74 Å². The Balaban J connectivity index is 3.19. The zero-order chi connectivity index (χ0) is 13.9. The molecule has 100 valence electrons. The summed E-state index contributed by atoms with van der Waals surface area (Å²) in [5.41, 5.74) is 5.05. The zero-order valence-corrected chi connectivity index (χ0v) is 10.9. The van der Waals surface area contributed by atoms with E-state index in [0.29, 0.717) is 6.61 Å². The van der Waals surface area contributed by atoms with Gasteiger partial charge in [0.25, 0.3) is 0 Å². The van der Waals surface area contributed by atoms with Crippen LogP contribution in [0.3, 0.4) is 0 Å². The highest BCUT2D eigenvalue weighted by molar-refractivity contribution is 5.61. The molecular formula is C10H17N5O3. The Bertz CT molecular complexity index is 461. The second kappa shape index (κ2) is 5.13. The van der Waals surface area contributed by atoms with Crippen LogP contribution in [0, 0.1) is 17.0 Å². The number of anilines is 2. The number of hydrogen-bond donors (Lipinski definition) is 2. The second-order valence-electron chi connectivity index (χ2n) is 4.56. The number of nitrogen functional groups attached to an aromatic ring is 1. The van der Waals surface area contributed by atoms with Crippen LogP contribution in [0.15, 0.2) is 0 Å². The van der Waals surface area contributed by atoms with Crippen molar-refractivity contribution in [2.75, 3.05) is 24.8 Å². The highest BCUT2D eigenvalue weighted by atomic mass is 16.6. The van der Waals surface area contributed by atoms with Gasteiger partial charge < -0.3 is 15.8 Å². The first-order chi connectivity index (χ1) is 8.26. The van der Waals surface area contributed by atoms with Crippen LogP contribution in [0.5, 0.6) is 0 Å². The minimum absolute atomic E-state index is 0.00573. The van der Waals surface area contributed by atoms with E-state index in [0.717, 1.165) is 0 Å². The van der Waals surface area contributed by atoms with Crippen LogP contribution in [0.2, 0.25) is 0 Å². The molecule has 18 heavy (non-hydrogen) atoms. The molecular weight excluding hydrogens is 238 g/mol. The quantitative estimate of drug-likeness (QED) is 0.598. The number of rotatable bonds is 5. The molecule has 8 heteroatoms. The van der Waals surface area contributed by atoms with Crippen LogP contribution >= 0.6 is 0 Å². The highest BCUT2D eigenvalue weighted by Crippen LogP contribution is 2.28. The normalized spacial score (nSPS) is 11.3. The van der Waals surface area contributed by atoms with E-state index in [-0.39, 0.29) is 23.1 Å². The maximum Gasteiger partial charge on any atom is 0.332 e. The Morgan fingerprint density at radius 3 is 2.61 bits per heavy atom. The van der Waals surface area contributed by atoms with E-state index in [1.807, 2.05) is 13.8 Å². The van der Waals surface area contributed by atoms with Gasteiger partial charge in [-0.15, -0.1) is 0 Å². The van der Waals surface area contributed by atoms with Crippen molar-refractivity contribution in [3.05, 3.63) is 15.8 Å². The summed E-state index contributed by atoms with van der Waals surface area (Å²) >= 11 is 0. The van der Waals surface area contributed by atoms with Crippen LogP contribution < -0.4 is 11.1 Å². The van der Waals surface area contributed by atoms with E-state index in [2.05, 4.69) is 15.3 Å². The van der Waals surface area contributed by atoms with Crippen molar-refractivity contribution >= 4 is 17.5 Å². The summed E-state index contributed by atoms with van der Waals surface area (Å²) in [4.78, 5) is 18.1. The summed E-state index contributed by atoms with van der Waals surface area (Å²) in [6, 6.07) is 0. The number of ether oxygens (including phenoxy) is 1. The molecule has 0 aromatic carbocycles. The van der Waals surface area contributed by atoms with Crippen molar-refractivity contribution in [2.45, 2.75) is 26.3 Å². The van der Waals surface area contributed by atoms with Crippen LogP contribution in [0.1, 0.15) is 19.5 Å². The van der Waals surface area contributed by atoms with Gasteiger partial charge in [0.1, 0.15) is 5.69 Å². The molecule has 0 radical (unpaired) electrons. The molecule has 0 aliphatic carbocycles. The molecule has 0 aliphatic rings. The lowest BCUT2D eigenvalue weighted by Gasteiger charge is -2.25. The van der Waals surface area contributed by atoms with Gasteiger partial charge in [-0.3, -0.25) is 10.1 Å². The number of nitrogens with zero attached hydrogens (tertiary/aromatic N) is 3. The van der Waals surface area contributed by atoms with Gasteiger partial charge in [0.05, 0.1) is 17.1 Å². The number of nitro groups is 1. The second-order valence-corrected chi connectivity index (χ2v) is 4.56. The van der Waals surface area contributed by atoms with Gasteiger partial charge in [0, 0.05) is 7.11 Å². The number of nitrogens with one attached hydrogen (secondary N) is 1. The third kappa shape index (κ3) is 3.27. The van der Waals surface area contributed by atoms with E-state index >= 15 is 0 Å². The Hall–Kier alpha value is -1.96. The monoisotopic (exact) mass is 255 g/mol. The highest BCUT2D eigenvalue weighted by Gasteiger charge is 2.26. The number of aromatic nitrogens is 2. The lowest BCUT2D eigenvalue weighted by molar-refractivity contribution is -0.385. The molecule has 0 spiro atoms. The average Bonchev–Trinajstić information content (AvgIpc) is 2.13. The van der Waals surface area contributed by atoms with Gasteiger partial charge in [-0.05, 0) is 20.8 Å². The number of aryl methyl sites for hydroxylation is 1. The maximum absolute atomic E-state index is 11.0. The topological polar surface area (TPSA) is 116 Å². The molecule has 0 fully saturated rings. The van der Waals surface area contributed by atoms with E-state index < -0.39 is 10.5 Å².